The van der Waals surface area contributed by atoms with Crippen molar-refractivity contribution in [3.05, 3.63) is 18.0 Å². The number of rotatable bonds is 5. The SMILES string of the molecule is CN(Cc1cnn(C)c1)C(=O)CCC1CCCNC1. The average Bonchev–Trinajstić information content (AvgIpc) is 2.82. The van der Waals surface area contributed by atoms with Crippen LogP contribution in [0, 0.1) is 5.92 Å². The van der Waals surface area contributed by atoms with Crippen molar-refractivity contribution in [2.24, 2.45) is 13.0 Å². The number of aromatic nitrogens is 2. The van der Waals surface area contributed by atoms with Crippen molar-refractivity contribution in [2.45, 2.75) is 32.2 Å². The average molecular weight is 264 g/mol. The monoisotopic (exact) mass is 264 g/mol. The maximum atomic E-state index is 12.1. The third-order valence-electron chi connectivity index (χ3n) is 3.77. The van der Waals surface area contributed by atoms with Crippen LogP contribution in [-0.2, 0) is 18.4 Å². The first-order valence-corrected chi connectivity index (χ1v) is 7.07. The molecule has 5 heteroatoms. The fourth-order valence-corrected chi connectivity index (χ4v) is 2.60. The second kappa shape index (κ2) is 6.70. The summed E-state index contributed by atoms with van der Waals surface area (Å²) in [5, 5.41) is 7.51. The van der Waals surface area contributed by atoms with Crippen molar-refractivity contribution in [1.29, 1.82) is 0 Å². The number of hydrogen-bond acceptors (Lipinski definition) is 3. The molecule has 1 fully saturated rings. The summed E-state index contributed by atoms with van der Waals surface area (Å²) >= 11 is 0. The fraction of sp³-hybridized carbons (Fsp3) is 0.714. The summed E-state index contributed by atoms with van der Waals surface area (Å²) in [5.41, 5.74) is 1.08. The fourth-order valence-electron chi connectivity index (χ4n) is 2.60. The number of amides is 1. The molecule has 19 heavy (non-hydrogen) atoms. The molecule has 5 nitrogen and oxygen atoms in total. The second-order valence-corrected chi connectivity index (χ2v) is 5.52. The molecular formula is C14H24N4O. The van der Waals surface area contributed by atoms with Gasteiger partial charge in [-0.3, -0.25) is 9.48 Å². The Kier molecular flexibility index (Phi) is 4.96. The van der Waals surface area contributed by atoms with Crippen molar-refractivity contribution in [1.82, 2.24) is 20.0 Å². The van der Waals surface area contributed by atoms with Crippen LogP contribution in [0.25, 0.3) is 0 Å². The van der Waals surface area contributed by atoms with Gasteiger partial charge in [-0.1, -0.05) is 0 Å². The van der Waals surface area contributed by atoms with Crippen LogP contribution in [0.4, 0.5) is 0 Å². The Bertz CT molecular complexity index is 409. The smallest absolute Gasteiger partial charge is 0.222 e. The van der Waals surface area contributed by atoms with Crippen molar-refractivity contribution in [3.8, 4) is 0 Å². The molecule has 1 unspecified atom stereocenters. The van der Waals surface area contributed by atoms with E-state index < -0.39 is 0 Å². The summed E-state index contributed by atoms with van der Waals surface area (Å²) in [6.45, 7) is 2.85. The van der Waals surface area contributed by atoms with Gasteiger partial charge in [-0.15, -0.1) is 0 Å². The highest BCUT2D eigenvalue weighted by Crippen LogP contribution is 2.16. The number of nitrogens with zero attached hydrogens (tertiary/aromatic N) is 3. The van der Waals surface area contributed by atoms with Gasteiger partial charge in [0.2, 0.25) is 5.91 Å². The minimum atomic E-state index is 0.231. The van der Waals surface area contributed by atoms with Gasteiger partial charge in [0, 0.05) is 38.8 Å². The Hall–Kier alpha value is -1.36. The van der Waals surface area contributed by atoms with E-state index in [-0.39, 0.29) is 5.91 Å². The van der Waals surface area contributed by atoms with Crippen LogP contribution in [0.5, 0.6) is 0 Å². The molecule has 2 rings (SSSR count). The molecule has 1 amide bonds. The van der Waals surface area contributed by atoms with Crippen LogP contribution < -0.4 is 5.32 Å². The highest BCUT2D eigenvalue weighted by molar-refractivity contribution is 5.75. The summed E-state index contributed by atoms with van der Waals surface area (Å²) in [6.07, 6.45) is 7.92. The Morgan fingerprint density at radius 2 is 2.47 bits per heavy atom. The van der Waals surface area contributed by atoms with Crippen molar-refractivity contribution in [2.75, 3.05) is 20.1 Å². The van der Waals surface area contributed by atoms with Gasteiger partial charge >= 0.3 is 0 Å². The highest BCUT2D eigenvalue weighted by atomic mass is 16.2. The normalized spacial score (nSPS) is 19.4. The van der Waals surface area contributed by atoms with Crippen molar-refractivity contribution in [3.63, 3.8) is 0 Å². The standard InChI is InChI=1S/C14H24N4O/c1-17(10-13-9-16-18(2)11-13)14(19)6-5-12-4-3-7-15-8-12/h9,11-12,15H,3-8,10H2,1-2H3. The molecule has 1 aromatic heterocycles. The maximum Gasteiger partial charge on any atom is 0.222 e. The van der Waals surface area contributed by atoms with E-state index in [0.717, 1.165) is 25.1 Å². The van der Waals surface area contributed by atoms with E-state index in [1.807, 2.05) is 26.5 Å². The van der Waals surface area contributed by atoms with Crippen molar-refractivity contribution >= 4 is 5.91 Å². The number of piperidine rings is 1. The molecule has 1 saturated heterocycles. The summed E-state index contributed by atoms with van der Waals surface area (Å²) in [7, 11) is 3.76. The first-order valence-electron chi connectivity index (χ1n) is 7.07. The number of carbonyl (C=O) groups is 1. The van der Waals surface area contributed by atoms with Gasteiger partial charge in [0.15, 0.2) is 0 Å². The number of carbonyl (C=O) groups excluding carboxylic acids is 1. The Morgan fingerprint density at radius 1 is 1.63 bits per heavy atom. The molecule has 1 aromatic rings. The van der Waals surface area contributed by atoms with Crippen LogP contribution in [0.2, 0.25) is 0 Å². The quantitative estimate of drug-likeness (QED) is 0.868. The molecule has 1 N–H and O–H groups in total. The second-order valence-electron chi connectivity index (χ2n) is 5.52. The van der Waals surface area contributed by atoms with Gasteiger partial charge in [0.1, 0.15) is 0 Å². The predicted octanol–water partition coefficient (Wildman–Crippen LogP) is 1.16. The lowest BCUT2D eigenvalue weighted by molar-refractivity contribution is -0.130. The first kappa shape index (κ1) is 14.1. The van der Waals surface area contributed by atoms with E-state index in [4.69, 9.17) is 0 Å². The largest absolute Gasteiger partial charge is 0.341 e. The van der Waals surface area contributed by atoms with E-state index in [1.54, 1.807) is 9.58 Å². The number of aryl methyl sites for hydroxylation is 1. The summed E-state index contributed by atoms with van der Waals surface area (Å²) in [5.74, 6) is 0.902. The molecule has 0 saturated carbocycles. The zero-order valence-corrected chi connectivity index (χ0v) is 11.9. The van der Waals surface area contributed by atoms with E-state index in [0.29, 0.717) is 18.9 Å². The lowest BCUT2D eigenvalue weighted by Gasteiger charge is -2.23. The van der Waals surface area contributed by atoms with E-state index in [9.17, 15) is 4.79 Å². The molecule has 0 aromatic carbocycles. The molecule has 2 heterocycles. The number of nitrogens with one attached hydrogen (secondary N) is 1. The third-order valence-corrected chi connectivity index (χ3v) is 3.77. The summed E-state index contributed by atoms with van der Waals surface area (Å²) in [4.78, 5) is 13.9. The molecule has 0 aliphatic carbocycles. The molecule has 1 aliphatic heterocycles. The molecule has 0 bridgehead atoms. The third kappa shape index (κ3) is 4.35. The van der Waals surface area contributed by atoms with Crippen LogP contribution in [-0.4, -0.2) is 40.7 Å². The lowest BCUT2D eigenvalue weighted by Crippen LogP contribution is -2.31. The van der Waals surface area contributed by atoms with Gasteiger partial charge in [-0.25, -0.2) is 0 Å². The Balaban J connectivity index is 1.72. The Labute approximate surface area is 115 Å². The highest BCUT2D eigenvalue weighted by Gasteiger charge is 2.16. The molecule has 1 atom stereocenters. The van der Waals surface area contributed by atoms with E-state index in [2.05, 4.69) is 10.4 Å². The van der Waals surface area contributed by atoms with Gasteiger partial charge in [0.25, 0.3) is 0 Å². The molecule has 106 valence electrons. The topological polar surface area (TPSA) is 50.2 Å². The molecular weight excluding hydrogens is 240 g/mol. The Morgan fingerprint density at radius 3 is 3.11 bits per heavy atom. The van der Waals surface area contributed by atoms with Crippen LogP contribution in [0.3, 0.4) is 0 Å². The van der Waals surface area contributed by atoms with Gasteiger partial charge < -0.3 is 10.2 Å². The van der Waals surface area contributed by atoms with E-state index in [1.165, 1.54) is 12.8 Å². The van der Waals surface area contributed by atoms with Crippen molar-refractivity contribution < 1.29 is 4.79 Å². The zero-order chi connectivity index (χ0) is 13.7. The molecule has 1 aliphatic rings. The van der Waals surface area contributed by atoms with Crippen LogP contribution in [0.1, 0.15) is 31.2 Å². The number of hydrogen-bond donors (Lipinski definition) is 1. The lowest BCUT2D eigenvalue weighted by atomic mass is 9.94. The summed E-state index contributed by atoms with van der Waals surface area (Å²) in [6, 6.07) is 0. The maximum absolute atomic E-state index is 12.1. The zero-order valence-electron chi connectivity index (χ0n) is 11.9. The van der Waals surface area contributed by atoms with Gasteiger partial charge in [-0.05, 0) is 38.3 Å². The first-order chi connectivity index (χ1) is 9.15. The minimum Gasteiger partial charge on any atom is -0.341 e. The molecule has 0 spiro atoms. The van der Waals surface area contributed by atoms with Gasteiger partial charge in [-0.2, -0.15) is 5.10 Å². The van der Waals surface area contributed by atoms with E-state index >= 15 is 0 Å². The minimum absolute atomic E-state index is 0.231. The van der Waals surface area contributed by atoms with Crippen LogP contribution >= 0.6 is 0 Å². The predicted molar refractivity (Wildman–Crippen MR) is 74.5 cm³/mol. The summed E-state index contributed by atoms with van der Waals surface area (Å²) < 4.78 is 1.77. The van der Waals surface area contributed by atoms with Gasteiger partial charge in [0.05, 0.1) is 6.20 Å². The molecule has 0 radical (unpaired) electrons. The van der Waals surface area contributed by atoms with Crippen LogP contribution in [0.15, 0.2) is 12.4 Å².